The van der Waals surface area contributed by atoms with Crippen molar-refractivity contribution in [2.24, 2.45) is 0 Å². The third-order valence-corrected chi connectivity index (χ3v) is 6.15. The van der Waals surface area contributed by atoms with E-state index < -0.39 is 0 Å². The largest absolute Gasteiger partial charge is 0.491 e. The Kier molecular flexibility index (Phi) is 12.6. The van der Waals surface area contributed by atoms with E-state index >= 15 is 0 Å². The van der Waals surface area contributed by atoms with Crippen molar-refractivity contribution >= 4 is 11.9 Å². The van der Waals surface area contributed by atoms with Crippen molar-refractivity contribution in [3.8, 4) is 17.2 Å². The lowest BCUT2D eigenvalue weighted by Gasteiger charge is -2.18. The van der Waals surface area contributed by atoms with Gasteiger partial charge in [-0.2, -0.15) is 0 Å². The number of carbonyl (C=O) groups excluding carboxylic acids is 1. The van der Waals surface area contributed by atoms with E-state index in [4.69, 9.17) is 14.2 Å². The predicted octanol–water partition coefficient (Wildman–Crippen LogP) is 8.85. The fourth-order valence-electron chi connectivity index (χ4n) is 4.24. The number of hydrogen-bond donors (Lipinski definition) is 0. The maximum absolute atomic E-state index is 13.3. The standard InChI is InChI=1S/C32H46O4/c1-8-12-23(5)34-29-20-28(21-30(22-29)35-24(6)13-9-2)31(33)17-16-27-19-26(11-4)15-18-32(27)36-25(7)14-10-3/h15-25H,8-14H2,1-7H3. The van der Waals surface area contributed by atoms with Crippen LogP contribution in [0.3, 0.4) is 0 Å². The van der Waals surface area contributed by atoms with Crippen LogP contribution in [0.1, 0.15) is 108 Å². The van der Waals surface area contributed by atoms with Gasteiger partial charge in [0.2, 0.25) is 0 Å². The first-order chi connectivity index (χ1) is 17.3. The molecule has 0 spiro atoms. The van der Waals surface area contributed by atoms with Gasteiger partial charge in [0, 0.05) is 17.2 Å². The molecule has 0 radical (unpaired) electrons. The Hall–Kier alpha value is -2.75. The van der Waals surface area contributed by atoms with E-state index in [9.17, 15) is 4.79 Å². The van der Waals surface area contributed by atoms with Gasteiger partial charge in [-0.1, -0.05) is 53.0 Å². The lowest BCUT2D eigenvalue weighted by Crippen LogP contribution is -2.14. The van der Waals surface area contributed by atoms with Gasteiger partial charge in [0.15, 0.2) is 5.78 Å². The molecule has 198 valence electrons. The monoisotopic (exact) mass is 494 g/mol. The topological polar surface area (TPSA) is 44.8 Å². The number of allylic oxidation sites excluding steroid dienone is 1. The minimum absolute atomic E-state index is 0.0680. The second-order valence-electron chi connectivity index (χ2n) is 9.77. The van der Waals surface area contributed by atoms with E-state index in [0.29, 0.717) is 17.1 Å². The third kappa shape index (κ3) is 9.72. The summed E-state index contributed by atoms with van der Waals surface area (Å²) >= 11 is 0. The molecule has 0 bridgehead atoms. The van der Waals surface area contributed by atoms with Crippen molar-refractivity contribution in [2.45, 2.75) is 112 Å². The van der Waals surface area contributed by atoms with Crippen molar-refractivity contribution in [1.82, 2.24) is 0 Å². The molecule has 0 fully saturated rings. The summed E-state index contributed by atoms with van der Waals surface area (Å²) in [6.45, 7) is 14.8. The van der Waals surface area contributed by atoms with Crippen LogP contribution in [0.25, 0.3) is 6.08 Å². The number of ketones is 1. The zero-order valence-corrected chi connectivity index (χ0v) is 23.4. The van der Waals surface area contributed by atoms with E-state index in [1.165, 1.54) is 5.56 Å². The lowest BCUT2D eigenvalue weighted by atomic mass is 10.0. The second kappa shape index (κ2) is 15.4. The van der Waals surface area contributed by atoms with Crippen LogP contribution < -0.4 is 14.2 Å². The quantitative estimate of drug-likeness (QED) is 0.173. The Balaban J connectivity index is 2.34. The van der Waals surface area contributed by atoms with Gasteiger partial charge in [0.25, 0.3) is 0 Å². The highest BCUT2D eigenvalue weighted by Crippen LogP contribution is 2.28. The Bertz CT molecular complexity index is 946. The molecule has 0 amide bonds. The molecule has 0 N–H and O–H groups in total. The number of carbonyl (C=O) groups is 1. The Morgan fingerprint density at radius 3 is 1.78 bits per heavy atom. The molecule has 4 heteroatoms. The third-order valence-electron chi connectivity index (χ3n) is 6.15. The molecule has 0 aromatic heterocycles. The van der Waals surface area contributed by atoms with Crippen molar-refractivity contribution in [3.05, 3.63) is 59.2 Å². The summed E-state index contributed by atoms with van der Waals surface area (Å²) in [5, 5.41) is 0. The van der Waals surface area contributed by atoms with Crippen LogP contribution in [-0.2, 0) is 6.42 Å². The number of rotatable bonds is 16. The maximum Gasteiger partial charge on any atom is 0.186 e. The van der Waals surface area contributed by atoms with E-state index in [1.54, 1.807) is 6.08 Å². The molecular formula is C32H46O4. The molecular weight excluding hydrogens is 448 g/mol. The van der Waals surface area contributed by atoms with E-state index in [2.05, 4.69) is 60.6 Å². The molecule has 0 heterocycles. The Labute approximate surface area is 219 Å². The van der Waals surface area contributed by atoms with Gasteiger partial charge < -0.3 is 14.2 Å². The number of ether oxygens (including phenoxy) is 3. The van der Waals surface area contributed by atoms with E-state index in [1.807, 2.05) is 30.3 Å². The molecule has 0 aliphatic rings. The first kappa shape index (κ1) is 29.5. The van der Waals surface area contributed by atoms with Crippen LogP contribution in [-0.4, -0.2) is 24.1 Å². The molecule has 2 rings (SSSR count). The summed E-state index contributed by atoms with van der Waals surface area (Å²) in [5.41, 5.74) is 2.68. The van der Waals surface area contributed by atoms with E-state index in [-0.39, 0.29) is 24.1 Å². The average molecular weight is 495 g/mol. The van der Waals surface area contributed by atoms with Crippen LogP contribution >= 0.6 is 0 Å². The highest BCUT2D eigenvalue weighted by Gasteiger charge is 2.13. The van der Waals surface area contributed by atoms with Gasteiger partial charge in [0.1, 0.15) is 17.2 Å². The minimum Gasteiger partial charge on any atom is -0.491 e. The molecule has 3 atom stereocenters. The Morgan fingerprint density at radius 2 is 1.28 bits per heavy atom. The molecule has 0 aliphatic heterocycles. The first-order valence-corrected chi connectivity index (χ1v) is 13.8. The average Bonchev–Trinajstić information content (AvgIpc) is 2.83. The number of hydrogen-bond acceptors (Lipinski definition) is 4. The smallest absolute Gasteiger partial charge is 0.186 e. The van der Waals surface area contributed by atoms with Gasteiger partial charge in [-0.15, -0.1) is 0 Å². The highest BCUT2D eigenvalue weighted by atomic mass is 16.5. The summed E-state index contributed by atoms with van der Waals surface area (Å²) in [7, 11) is 0. The fraction of sp³-hybridized carbons (Fsp3) is 0.531. The lowest BCUT2D eigenvalue weighted by molar-refractivity contribution is 0.104. The first-order valence-electron chi connectivity index (χ1n) is 13.8. The fourth-order valence-corrected chi connectivity index (χ4v) is 4.24. The van der Waals surface area contributed by atoms with Crippen LogP contribution in [0.5, 0.6) is 17.2 Å². The van der Waals surface area contributed by atoms with Gasteiger partial charge in [-0.3, -0.25) is 4.79 Å². The molecule has 0 saturated heterocycles. The molecule has 0 aliphatic carbocycles. The minimum atomic E-state index is -0.0916. The zero-order valence-electron chi connectivity index (χ0n) is 23.4. The van der Waals surface area contributed by atoms with Gasteiger partial charge in [-0.05, 0) is 88.4 Å². The predicted molar refractivity (Wildman–Crippen MR) is 151 cm³/mol. The van der Waals surface area contributed by atoms with Gasteiger partial charge >= 0.3 is 0 Å². The molecule has 4 nitrogen and oxygen atoms in total. The van der Waals surface area contributed by atoms with Crippen molar-refractivity contribution < 1.29 is 19.0 Å². The van der Waals surface area contributed by atoms with Crippen LogP contribution in [0.2, 0.25) is 0 Å². The van der Waals surface area contributed by atoms with Gasteiger partial charge in [0.05, 0.1) is 18.3 Å². The zero-order chi connectivity index (χ0) is 26.5. The van der Waals surface area contributed by atoms with Crippen LogP contribution in [0.4, 0.5) is 0 Å². The number of aryl methyl sites for hydroxylation is 1. The van der Waals surface area contributed by atoms with Crippen LogP contribution in [0.15, 0.2) is 42.5 Å². The van der Waals surface area contributed by atoms with Crippen molar-refractivity contribution in [3.63, 3.8) is 0 Å². The van der Waals surface area contributed by atoms with Crippen LogP contribution in [0, 0.1) is 0 Å². The summed E-state index contributed by atoms with van der Waals surface area (Å²) in [5.74, 6) is 2.05. The van der Waals surface area contributed by atoms with Crippen molar-refractivity contribution in [2.75, 3.05) is 0 Å². The normalized spacial score (nSPS) is 13.9. The molecule has 2 aromatic carbocycles. The molecule has 36 heavy (non-hydrogen) atoms. The Morgan fingerprint density at radius 1 is 0.750 bits per heavy atom. The molecule has 2 aromatic rings. The highest BCUT2D eigenvalue weighted by molar-refractivity contribution is 6.07. The molecule has 0 saturated carbocycles. The van der Waals surface area contributed by atoms with Crippen molar-refractivity contribution in [1.29, 1.82) is 0 Å². The summed E-state index contributed by atoms with van der Waals surface area (Å²) in [4.78, 5) is 13.3. The number of benzene rings is 2. The summed E-state index contributed by atoms with van der Waals surface area (Å²) in [6.07, 6.45) is 10.7. The maximum atomic E-state index is 13.3. The summed E-state index contributed by atoms with van der Waals surface area (Å²) in [6, 6.07) is 11.7. The second-order valence-corrected chi connectivity index (χ2v) is 9.77. The SMILES string of the molecule is CCCC(C)Oc1cc(OC(C)CCC)cc(C(=O)C=Cc2cc(CC)ccc2OC(C)CCC)c1. The van der Waals surface area contributed by atoms with Gasteiger partial charge in [-0.25, -0.2) is 0 Å². The molecule has 3 unspecified atom stereocenters. The summed E-state index contributed by atoms with van der Waals surface area (Å²) < 4.78 is 18.5. The van der Waals surface area contributed by atoms with E-state index in [0.717, 1.165) is 56.3 Å².